The van der Waals surface area contributed by atoms with E-state index in [0.29, 0.717) is 6.42 Å². The molecule has 1 aromatic carbocycles. The summed E-state index contributed by atoms with van der Waals surface area (Å²) in [6, 6.07) is 9.87. The quantitative estimate of drug-likeness (QED) is 0.930. The maximum atomic E-state index is 10.1. The van der Waals surface area contributed by atoms with Crippen LogP contribution in [-0.2, 0) is 6.42 Å². The van der Waals surface area contributed by atoms with Gasteiger partial charge in [0.1, 0.15) is 5.75 Å². The SMILES string of the molecule is COc1csc(C(O)Cc2cccc(Br)c2)c1. The van der Waals surface area contributed by atoms with Crippen molar-refractivity contribution in [3.05, 3.63) is 50.6 Å². The summed E-state index contributed by atoms with van der Waals surface area (Å²) in [6.07, 6.45) is 0.140. The van der Waals surface area contributed by atoms with Crippen molar-refractivity contribution in [2.24, 2.45) is 0 Å². The van der Waals surface area contributed by atoms with Crippen LogP contribution in [0, 0.1) is 0 Å². The number of thiophene rings is 1. The second-order valence-corrected chi connectivity index (χ2v) is 5.60. The van der Waals surface area contributed by atoms with Crippen LogP contribution in [0.5, 0.6) is 5.75 Å². The lowest BCUT2D eigenvalue weighted by Gasteiger charge is -2.08. The molecule has 90 valence electrons. The van der Waals surface area contributed by atoms with Crippen LogP contribution in [0.1, 0.15) is 16.5 Å². The highest BCUT2D eigenvalue weighted by atomic mass is 79.9. The number of halogens is 1. The van der Waals surface area contributed by atoms with E-state index >= 15 is 0 Å². The van der Waals surface area contributed by atoms with Gasteiger partial charge < -0.3 is 9.84 Å². The van der Waals surface area contributed by atoms with E-state index in [1.165, 1.54) is 11.3 Å². The van der Waals surface area contributed by atoms with Gasteiger partial charge in [0.15, 0.2) is 0 Å². The van der Waals surface area contributed by atoms with Gasteiger partial charge in [0.25, 0.3) is 0 Å². The first kappa shape index (κ1) is 12.6. The van der Waals surface area contributed by atoms with Crippen LogP contribution in [0.15, 0.2) is 40.2 Å². The molecule has 1 atom stereocenters. The Kier molecular flexibility index (Phi) is 4.20. The maximum Gasteiger partial charge on any atom is 0.129 e. The Morgan fingerprint density at radius 3 is 2.88 bits per heavy atom. The minimum atomic E-state index is -0.474. The van der Waals surface area contributed by atoms with E-state index in [9.17, 15) is 5.11 Å². The van der Waals surface area contributed by atoms with Crippen molar-refractivity contribution >= 4 is 27.3 Å². The number of methoxy groups -OCH3 is 1. The first-order chi connectivity index (χ1) is 8.19. The number of benzene rings is 1. The standard InChI is InChI=1S/C13H13BrO2S/c1-16-11-7-13(17-8-11)12(15)6-9-3-2-4-10(14)5-9/h2-5,7-8,12,15H,6H2,1H3. The normalized spacial score (nSPS) is 12.4. The van der Waals surface area contributed by atoms with Gasteiger partial charge in [0, 0.05) is 21.2 Å². The van der Waals surface area contributed by atoms with E-state index in [1.807, 2.05) is 35.7 Å². The molecule has 17 heavy (non-hydrogen) atoms. The Morgan fingerprint density at radius 1 is 1.41 bits per heavy atom. The Hall–Kier alpha value is -0.840. The Labute approximate surface area is 113 Å². The highest BCUT2D eigenvalue weighted by molar-refractivity contribution is 9.10. The molecule has 0 saturated heterocycles. The van der Waals surface area contributed by atoms with Gasteiger partial charge in [-0.1, -0.05) is 28.1 Å². The summed E-state index contributed by atoms with van der Waals surface area (Å²) < 4.78 is 6.14. The van der Waals surface area contributed by atoms with Gasteiger partial charge in [0.2, 0.25) is 0 Å². The molecule has 0 aliphatic heterocycles. The van der Waals surface area contributed by atoms with E-state index in [-0.39, 0.29) is 0 Å². The van der Waals surface area contributed by atoms with E-state index in [1.54, 1.807) is 7.11 Å². The maximum absolute atomic E-state index is 10.1. The third-order valence-electron chi connectivity index (χ3n) is 2.48. The zero-order valence-corrected chi connectivity index (χ0v) is 11.8. The summed E-state index contributed by atoms with van der Waals surface area (Å²) >= 11 is 4.94. The van der Waals surface area contributed by atoms with Crippen LogP contribution in [0.2, 0.25) is 0 Å². The van der Waals surface area contributed by atoms with Crippen molar-refractivity contribution in [2.75, 3.05) is 7.11 Å². The van der Waals surface area contributed by atoms with Crippen molar-refractivity contribution in [1.82, 2.24) is 0 Å². The number of aliphatic hydroxyl groups is 1. The third-order valence-corrected chi connectivity index (χ3v) is 3.98. The number of ether oxygens (including phenoxy) is 1. The third kappa shape index (κ3) is 3.31. The van der Waals surface area contributed by atoms with Crippen molar-refractivity contribution in [3.63, 3.8) is 0 Å². The van der Waals surface area contributed by atoms with Crippen LogP contribution in [-0.4, -0.2) is 12.2 Å². The van der Waals surface area contributed by atoms with Crippen molar-refractivity contribution in [3.8, 4) is 5.75 Å². The van der Waals surface area contributed by atoms with Gasteiger partial charge in [-0.2, -0.15) is 0 Å². The predicted octanol–water partition coefficient (Wildman–Crippen LogP) is 3.80. The second-order valence-electron chi connectivity index (χ2n) is 3.74. The topological polar surface area (TPSA) is 29.5 Å². The van der Waals surface area contributed by atoms with Crippen LogP contribution in [0.25, 0.3) is 0 Å². The highest BCUT2D eigenvalue weighted by Gasteiger charge is 2.11. The molecule has 4 heteroatoms. The molecule has 0 bridgehead atoms. The van der Waals surface area contributed by atoms with Gasteiger partial charge in [-0.25, -0.2) is 0 Å². The molecule has 0 aliphatic carbocycles. The van der Waals surface area contributed by atoms with Crippen molar-refractivity contribution in [2.45, 2.75) is 12.5 Å². The summed E-state index contributed by atoms with van der Waals surface area (Å²) in [7, 11) is 1.63. The number of hydrogen-bond acceptors (Lipinski definition) is 3. The fraction of sp³-hybridized carbons (Fsp3) is 0.231. The smallest absolute Gasteiger partial charge is 0.129 e. The lowest BCUT2D eigenvalue weighted by Crippen LogP contribution is -1.99. The average molecular weight is 313 g/mol. The van der Waals surface area contributed by atoms with Gasteiger partial charge in [-0.05, 0) is 23.8 Å². The molecule has 0 fully saturated rings. The molecular weight excluding hydrogens is 300 g/mol. The van der Waals surface area contributed by atoms with E-state index < -0.39 is 6.10 Å². The molecule has 1 unspecified atom stereocenters. The van der Waals surface area contributed by atoms with Gasteiger partial charge in [0.05, 0.1) is 13.2 Å². The van der Waals surface area contributed by atoms with Gasteiger partial charge in [-0.3, -0.25) is 0 Å². The zero-order chi connectivity index (χ0) is 12.3. The molecule has 2 nitrogen and oxygen atoms in total. The molecule has 2 rings (SSSR count). The zero-order valence-electron chi connectivity index (χ0n) is 9.39. The van der Waals surface area contributed by atoms with Crippen LogP contribution in [0.4, 0.5) is 0 Å². The van der Waals surface area contributed by atoms with Gasteiger partial charge in [-0.15, -0.1) is 11.3 Å². The Balaban J connectivity index is 2.08. The van der Waals surface area contributed by atoms with Crippen LogP contribution < -0.4 is 4.74 Å². The minimum Gasteiger partial charge on any atom is -0.496 e. The molecule has 2 aromatic rings. The van der Waals surface area contributed by atoms with Crippen LogP contribution >= 0.6 is 27.3 Å². The van der Waals surface area contributed by atoms with E-state index in [2.05, 4.69) is 15.9 Å². The molecular formula is C13H13BrO2S. The van der Waals surface area contributed by atoms with E-state index in [4.69, 9.17) is 4.74 Å². The molecule has 0 aliphatic rings. The fourth-order valence-corrected chi connectivity index (χ4v) is 2.89. The molecule has 0 saturated carbocycles. The Morgan fingerprint density at radius 2 is 2.24 bits per heavy atom. The minimum absolute atomic E-state index is 0.474. The fourth-order valence-electron chi connectivity index (χ4n) is 1.60. The monoisotopic (exact) mass is 312 g/mol. The number of rotatable bonds is 4. The molecule has 0 radical (unpaired) electrons. The predicted molar refractivity (Wildman–Crippen MR) is 73.7 cm³/mol. The molecule has 0 amide bonds. The summed E-state index contributed by atoms with van der Waals surface area (Å²) in [6.45, 7) is 0. The second kappa shape index (κ2) is 5.67. The first-order valence-electron chi connectivity index (χ1n) is 5.24. The molecule has 1 aromatic heterocycles. The Bertz CT molecular complexity index is 496. The highest BCUT2D eigenvalue weighted by Crippen LogP contribution is 2.29. The number of aliphatic hydroxyl groups excluding tert-OH is 1. The largest absolute Gasteiger partial charge is 0.496 e. The lowest BCUT2D eigenvalue weighted by atomic mass is 10.1. The molecule has 1 heterocycles. The summed E-state index contributed by atoms with van der Waals surface area (Å²) in [5.74, 6) is 0.804. The first-order valence-corrected chi connectivity index (χ1v) is 6.91. The lowest BCUT2D eigenvalue weighted by molar-refractivity contribution is 0.182. The average Bonchev–Trinajstić information content (AvgIpc) is 2.77. The summed E-state index contributed by atoms with van der Waals surface area (Å²) in [5, 5.41) is 12.0. The van der Waals surface area contributed by atoms with Crippen LogP contribution in [0.3, 0.4) is 0 Å². The summed E-state index contributed by atoms with van der Waals surface area (Å²) in [5.41, 5.74) is 1.11. The van der Waals surface area contributed by atoms with E-state index in [0.717, 1.165) is 20.7 Å². The van der Waals surface area contributed by atoms with Crippen molar-refractivity contribution in [1.29, 1.82) is 0 Å². The molecule has 1 N–H and O–H groups in total. The van der Waals surface area contributed by atoms with Crippen molar-refractivity contribution < 1.29 is 9.84 Å². The number of hydrogen-bond donors (Lipinski definition) is 1. The molecule has 0 spiro atoms. The summed E-state index contributed by atoms with van der Waals surface area (Å²) in [4.78, 5) is 0.932. The van der Waals surface area contributed by atoms with Gasteiger partial charge >= 0.3 is 0 Å².